The van der Waals surface area contributed by atoms with E-state index in [9.17, 15) is 9.18 Å². The fourth-order valence-corrected chi connectivity index (χ4v) is 4.47. The number of hydrogen-bond donors (Lipinski definition) is 2. The predicted octanol–water partition coefficient (Wildman–Crippen LogP) is 4.52. The Bertz CT molecular complexity index is 1210. The smallest absolute Gasteiger partial charge is 0.248 e. The van der Waals surface area contributed by atoms with Crippen molar-refractivity contribution in [3.05, 3.63) is 65.7 Å². The Morgan fingerprint density at radius 3 is 2.73 bits per heavy atom. The molecule has 2 atom stereocenters. The average molecular weight is 468 g/mol. The number of benzene rings is 2. The van der Waals surface area contributed by atoms with Gasteiger partial charge in [0.15, 0.2) is 0 Å². The van der Waals surface area contributed by atoms with Crippen LogP contribution in [0.1, 0.15) is 12.8 Å². The van der Waals surface area contributed by atoms with Gasteiger partial charge in [-0.2, -0.15) is 0 Å². The Morgan fingerprint density at radius 2 is 1.94 bits per heavy atom. The lowest BCUT2D eigenvalue weighted by molar-refractivity contribution is -0.111. The highest BCUT2D eigenvalue weighted by Crippen LogP contribution is 2.28. The minimum Gasteiger partial charge on any atom is -0.372 e. The number of nitrogens with zero attached hydrogens (tertiary/aromatic N) is 3. The van der Waals surface area contributed by atoms with Gasteiger partial charge in [0.2, 0.25) is 5.91 Å². The first kappa shape index (κ1) is 21.8. The molecule has 0 spiro atoms. The van der Waals surface area contributed by atoms with E-state index in [1.807, 2.05) is 12.1 Å². The number of likely N-dealkylation sites (tertiary alicyclic amines) is 1. The van der Waals surface area contributed by atoms with E-state index in [1.54, 1.807) is 24.3 Å². The van der Waals surface area contributed by atoms with E-state index >= 15 is 0 Å². The molecule has 170 valence electrons. The summed E-state index contributed by atoms with van der Waals surface area (Å²) < 4.78 is 19.3. The van der Waals surface area contributed by atoms with Gasteiger partial charge in [0.1, 0.15) is 18.0 Å². The molecule has 7 nitrogen and oxygen atoms in total. The normalized spacial score (nSPS) is 20.4. The summed E-state index contributed by atoms with van der Waals surface area (Å²) in [6.45, 7) is 2.56. The predicted molar refractivity (Wildman–Crippen MR) is 126 cm³/mol. The topological polar surface area (TPSA) is 79.4 Å². The van der Waals surface area contributed by atoms with Gasteiger partial charge in [0.25, 0.3) is 0 Å². The molecular weight excluding hydrogens is 445 g/mol. The van der Waals surface area contributed by atoms with E-state index in [4.69, 9.17) is 16.3 Å². The quantitative estimate of drug-likeness (QED) is 0.519. The maximum Gasteiger partial charge on any atom is 0.248 e. The third-order valence-electron chi connectivity index (χ3n) is 5.84. The van der Waals surface area contributed by atoms with E-state index in [1.165, 1.54) is 18.5 Å². The van der Waals surface area contributed by atoms with Crippen LogP contribution in [0.15, 0.2) is 54.9 Å². The number of rotatable bonds is 6. The highest BCUT2D eigenvalue weighted by atomic mass is 35.5. The fourth-order valence-electron chi connectivity index (χ4n) is 4.29. The highest BCUT2D eigenvalue weighted by Gasteiger charge is 2.32. The van der Waals surface area contributed by atoms with Gasteiger partial charge in [-0.15, -0.1) is 0 Å². The molecule has 2 aliphatic heterocycles. The van der Waals surface area contributed by atoms with Gasteiger partial charge in [-0.1, -0.05) is 17.7 Å². The van der Waals surface area contributed by atoms with Crippen LogP contribution in [0.3, 0.4) is 0 Å². The summed E-state index contributed by atoms with van der Waals surface area (Å²) in [6, 6.07) is 9.75. The molecule has 2 bridgehead atoms. The monoisotopic (exact) mass is 467 g/mol. The number of nitrogens with one attached hydrogen (secondary N) is 2. The number of anilines is 3. The van der Waals surface area contributed by atoms with E-state index in [0.717, 1.165) is 32.5 Å². The molecule has 9 heteroatoms. The molecule has 0 aliphatic carbocycles. The second-order valence-corrected chi connectivity index (χ2v) is 8.68. The lowest BCUT2D eigenvalue weighted by Gasteiger charge is -2.31. The van der Waals surface area contributed by atoms with Gasteiger partial charge >= 0.3 is 0 Å². The molecule has 1 aromatic heterocycles. The van der Waals surface area contributed by atoms with Crippen LogP contribution in [0.4, 0.5) is 21.6 Å². The van der Waals surface area contributed by atoms with E-state index in [0.29, 0.717) is 40.3 Å². The molecule has 0 radical (unpaired) electrons. The summed E-state index contributed by atoms with van der Waals surface area (Å²) in [6.07, 6.45) is 7.80. The van der Waals surface area contributed by atoms with E-state index < -0.39 is 5.82 Å². The number of halogens is 2. The molecule has 1 amide bonds. The van der Waals surface area contributed by atoms with Crippen molar-refractivity contribution in [2.45, 2.75) is 25.0 Å². The maximum absolute atomic E-state index is 13.5. The van der Waals surface area contributed by atoms with Crippen LogP contribution in [0.25, 0.3) is 10.9 Å². The highest BCUT2D eigenvalue weighted by molar-refractivity contribution is 6.31. The van der Waals surface area contributed by atoms with Crippen LogP contribution in [-0.2, 0) is 9.53 Å². The van der Waals surface area contributed by atoms with E-state index in [2.05, 4.69) is 25.5 Å². The Morgan fingerprint density at radius 1 is 1.15 bits per heavy atom. The molecule has 2 fully saturated rings. The van der Waals surface area contributed by atoms with Crippen LogP contribution >= 0.6 is 11.6 Å². The Balaban J connectivity index is 1.26. The lowest BCUT2D eigenvalue weighted by atomic mass is 10.2. The minimum atomic E-state index is -0.492. The zero-order valence-electron chi connectivity index (χ0n) is 17.8. The standard InChI is InChI=1S/C24H23ClFN5O2/c25-20-11-16(3-7-21(20)26)30-24-19-10-15(4-8-22(19)27-14-28-24)29-23(32)2-1-9-31-12-17-5-6-18(13-31)33-17/h1-4,7-8,10-11,14,17-18H,5-6,9,12-13H2,(H,29,32)(H,27,28,30)/b2-1+. The first-order valence-corrected chi connectivity index (χ1v) is 11.2. The molecule has 2 unspecified atom stereocenters. The first-order chi connectivity index (χ1) is 16.0. The first-order valence-electron chi connectivity index (χ1n) is 10.9. The Kier molecular flexibility index (Phi) is 6.22. The molecule has 2 aromatic carbocycles. The molecule has 2 aliphatic rings. The van der Waals surface area contributed by atoms with Crippen molar-refractivity contribution >= 4 is 45.6 Å². The van der Waals surface area contributed by atoms with Gasteiger partial charge in [0, 0.05) is 42.5 Å². The number of carbonyl (C=O) groups excluding carboxylic acids is 1. The number of ether oxygens (including phenoxy) is 1. The third kappa shape index (κ3) is 5.13. The summed E-state index contributed by atoms with van der Waals surface area (Å²) in [5.74, 6) is -0.174. The number of morpholine rings is 1. The summed E-state index contributed by atoms with van der Waals surface area (Å²) >= 11 is 5.88. The van der Waals surface area contributed by atoms with Gasteiger partial charge in [-0.05, 0) is 49.2 Å². The number of hydrogen-bond acceptors (Lipinski definition) is 6. The van der Waals surface area contributed by atoms with Gasteiger partial charge in [-0.3, -0.25) is 9.69 Å². The molecule has 33 heavy (non-hydrogen) atoms. The fraction of sp³-hybridized carbons (Fsp3) is 0.292. The second-order valence-electron chi connectivity index (χ2n) is 8.28. The molecule has 0 saturated carbocycles. The van der Waals surface area contributed by atoms with Crippen molar-refractivity contribution in [1.29, 1.82) is 0 Å². The van der Waals surface area contributed by atoms with Crippen molar-refractivity contribution in [1.82, 2.24) is 14.9 Å². The Labute approximate surface area is 195 Å². The SMILES string of the molecule is O=C(/C=C/CN1CC2CCC(C1)O2)Nc1ccc2ncnc(Nc3ccc(F)c(Cl)c3)c2c1. The lowest BCUT2D eigenvalue weighted by Crippen LogP contribution is -2.42. The summed E-state index contributed by atoms with van der Waals surface area (Å²) in [5, 5.41) is 6.75. The zero-order chi connectivity index (χ0) is 22.8. The number of carbonyl (C=O) groups is 1. The molecule has 2 N–H and O–H groups in total. The summed E-state index contributed by atoms with van der Waals surface area (Å²) in [4.78, 5) is 23.3. The molecule has 3 heterocycles. The second kappa shape index (κ2) is 9.43. The van der Waals surface area contributed by atoms with Crippen molar-refractivity contribution in [3.8, 4) is 0 Å². The number of fused-ring (bicyclic) bond motifs is 3. The van der Waals surface area contributed by atoms with Gasteiger partial charge < -0.3 is 15.4 Å². The largest absolute Gasteiger partial charge is 0.372 e. The van der Waals surface area contributed by atoms with E-state index in [-0.39, 0.29) is 10.9 Å². The van der Waals surface area contributed by atoms with Crippen molar-refractivity contribution in [2.24, 2.45) is 0 Å². The summed E-state index contributed by atoms with van der Waals surface area (Å²) in [7, 11) is 0. The number of aromatic nitrogens is 2. The van der Waals surface area contributed by atoms with Gasteiger partial charge in [0.05, 0.1) is 22.7 Å². The van der Waals surface area contributed by atoms with Crippen molar-refractivity contribution in [2.75, 3.05) is 30.3 Å². The van der Waals surface area contributed by atoms with Crippen molar-refractivity contribution < 1.29 is 13.9 Å². The van der Waals surface area contributed by atoms with Crippen LogP contribution < -0.4 is 10.6 Å². The molecule has 5 rings (SSSR count). The van der Waals surface area contributed by atoms with Gasteiger partial charge in [-0.25, -0.2) is 14.4 Å². The Hall–Kier alpha value is -3.07. The zero-order valence-corrected chi connectivity index (χ0v) is 18.6. The van der Waals surface area contributed by atoms with Crippen LogP contribution in [0.2, 0.25) is 5.02 Å². The third-order valence-corrected chi connectivity index (χ3v) is 6.13. The molecule has 2 saturated heterocycles. The minimum absolute atomic E-state index is 0.0165. The maximum atomic E-state index is 13.5. The molecule has 3 aromatic rings. The average Bonchev–Trinajstić information content (AvgIpc) is 3.14. The van der Waals surface area contributed by atoms with Crippen LogP contribution in [0, 0.1) is 5.82 Å². The van der Waals surface area contributed by atoms with Crippen LogP contribution in [0.5, 0.6) is 0 Å². The summed E-state index contributed by atoms with van der Waals surface area (Å²) in [5.41, 5.74) is 1.92. The van der Waals surface area contributed by atoms with Crippen molar-refractivity contribution in [3.63, 3.8) is 0 Å². The number of amides is 1. The van der Waals surface area contributed by atoms with Crippen LogP contribution in [-0.4, -0.2) is 52.6 Å². The molecular formula is C24H23ClFN5O2.